The molecular weight excluding hydrogens is 214 g/mol. The van der Waals surface area contributed by atoms with Crippen molar-refractivity contribution in [3.8, 4) is 0 Å². The van der Waals surface area contributed by atoms with Gasteiger partial charge in [0.2, 0.25) is 0 Å². The lowest BCUT2D eigenvalue weighted by Crippen LogP contribution is -2.12. The Morgan fingerprint density at radius 3 is 2.12 bits per heavy atom. The molecule has 0 saturated heterocycles. The van der Waals surface area contributed by atoms with Crippen molar-refractivity contribution < 1.29 is 9.47 Å². The van der Waals surface area contributed by atoms with Crippen LogP contribution in [0.4, 0.5) is 5.69 Å². The van der Waals surface area contributed by atoms with Crippen molar-refractivity contribution in [2.24, 2.45) is 0 Å². The first kappa shape index (κ1) is 14.0. The second-order valence-corrected chi connectivity index (χ2v) is 4.18. The minimum atomic E-state index is -0.249. The van der Waals surface area contributed by atoms with E-state index in [1.165, 1.54) is 11.3 Å². The van der Waals surface area contributed by atoms with Crippen molar-refractivity contribution >= 4 is 5.69 Å². The predicted octanol–water partition coefficient (Wildman–Crippen LogP) is 3.13. The van der Waals surface area contributed by atoms with Crippen LogP contribution in [0.15, 0.2) is 18.2 Å². The van der Waals surface area contributed by atoms with Crippen LogP contribution in [0.5, 0.6) is 0 Å². The topological polar surface area (TPSA) is 21.7 Å². The molecule has 0 atom stereocenters. The third-order valence-electron chi connectivity index (χ3n) is 2.66. The lowest BCUT2D eigenvalue weighted by atomic mass is 10.1. The van der Waals surface area contributed by atoms with Crippen molar-refractivity contribution in [2.45, 2.75) is 27.1 Å². The van der Waals surface area contributed by atoms with Crippen LogP contribution in [0.25, 0.3) is 0 Å². The molecule has 1 rings (SSSR count). The highest BCUT2D eigenvalue weighted by molar-refractivity contribution is 5.49. The highest BCUT2D eigenvalue weighted by Crippen LogP contribution is 2.25. The van der Waals surface area contributed by atoms with Crippen molar-refractivity contribution in [3.05, 3.63) is 29.3 Å². The van der Waals surface area contributed by atoms with Crippen LogP contribution in [0.3, 0.4) is 0 Å². The van der Waals surface area contributed by atoms with Gasteiger partial charge in [0.15, 0.2) is 6.29 Å². The third-order valence-corrected chi connectivity index (χ3v) is 2.66. The summed E-state index contributed by atoms with van der Waals surface area (Å²) < 4.78 is 11.2. The quantitative estimate of drug-likeness (QED) is 0.709. The van der Waals surface area contributed by atoms with Crippen LogP contribution in [0, 0.1) is 6.92 Å². The molecule has 0 heterocycles. The average molecular weight is 237 g/mol. The van der Waals surface area contributed by atoms with Gasteiger partial charge < -0.3 is 14.4 Å². The smallest absolute Gasteiger partial charge is 0.184 e. The van der Waals surface area contributed by atoms with E-state index in [0.29, 0.717) is 13.2 Å². The van der Waals surface area contributed by atoms with Crippen LogP contribution in [-0.2, 0) is 9.47 Å². The molecule has 0 amide bonds. The molecule has 1 aromatic carbocycles. The highest BCUT2D eigenvalue weighted by atomic mass is 16.7. The largest absolute Gasteiger partial charge is 0.378 e. The molecule has 0 fully saturated rings. The summed E-state index contributed by atoms with van der Waals surface area (Å²) >= 11 is 0. The summed E-state index contributed by atoms with van der Waals surface area (Å²) in [5.74, 6) is 0. The van der Waals surface area contributed by atoms with E-state index in [-0.39, 0.29) is 6.29 Å². The second kappa shape index (κ2) is 6.62. The molecule has 0 saturated carbocycles. The fourth-order valence-corrected chi connectivity index (χ4v) is 1.73. The lowest BCUT2D eigenvalue weighted by molar-refractivity contribution is -0.140. The summed E-state index contributed by atoms with van der Waals surface area (Å²) in [6, 6.07) is 6.33. The molecule has 17 heavy (non-hydrogen) atoms. The number of hydrogen-bond donors (Lipinski definition) is 0. The Labute approximate surface area is 104 Å². The molecule has 0 unspecified atom stereocenters. The summed E-state index contributed by atoms with van der Waals surface area (Å²) in [5.41, 5.74) is 3.50. The van der Waals surface area contributed by atoms with E-state index in [4.69, 9.17) is 9.47 Å². The van der Waals surface area contributed by atoms with Crippen molar-refractivity contribution in [1.82, 2.24) is 0 Å². The highest BCUT2D eigenvalue weighted by Gasteiger charge is 2.14. The minimum absolute atomic E-state index is 0.249. The zero-order valence-corrected chi connectivity index (χ0v) is 11.5. The number of hydrogen-bond acceptors (Lipinski definition) is 3. The zero-order valence-electron chi connectivity index (χ0n) is 11.5. The van der Waals surface area contributed by atoms with Gasteiger partial charge in [-0.2, -0.15) is 0 Å². The van der Waals surface area contributed by atoms with Crippen LogP contribution >= 0.6 is 0 Å². The maximum atomic E-state index is 5.61. The maximum Gasteiger partial charge on any atom is 0.184 e. The van der Waals surface area contributed by atoms with Crippen LogP contribution in [0.2, 0.25) is 0 Å². The lowest BCUT2D eigenvalue weighted by Gasteiger charge is -2.21. The average Bonchev–Trinajstić information content (AvgIpc) is 2.28. The van der Waals surface area contributed by atoms with E-state index in [1.54, 1.807) is 0 Å². The van der Waals surface area contributed by atoms with Gasteiger partial charge in [-0.15, -0.1) is 0 Å². The third kappa shape index (κ3) is 3.72. The predicted molar refractivity (Wildman–Crippen MR) is 71.5 cm³/mol. The van der Waals surface area contributed by atoms with E-state index in [1.807, 2.05) is 27.9 Å². The van der Waals surface area contributed by atoms with Gasteiger partial charge in [0, 0.05) is 38.6 Å². The molecule has 3 heteroatoms. The van der Waals surface area contributed by atoms with Crippen molar-refractivity contribution in [1.29, 1.82) is 0 Å². The minimum Gasteiger partial charge on any atom is -0.378 e. The first-order valence-corrected chi connectivity index (χ1v) is 6.11. The molecule has 1 aromatic rings. The number of rotatable bonds is 6. The Morgan fingerprint density at radius 1 is 1.12 bits per heavy atom. The second-order valence-electron chi connectivity index (χ2n) is 4.18. The van der Waals surface area contributed by atoms with Gasteiger partial charge in [-0.1, -0.05) is 6.07 Å². The van der Waals surface area contributed by atoms with Gasteiger partial charge in [0.1, 0.15) is 0 Å². The molecule has 3 nitrogen and oxygen atoms in total. The van der Waals surface area contributed by atoms with E-state index < -0.39 is 0 Å². The number of anilines is 1. The molecule has 0 spiro atoms. The van der Waals surface area contributed by atoms with Crippen molar-refractivity contribution in [2.75, 3.05) is 32.2 Å². The fourth-order valence-electron chi connectivity index (χ4n) is 1.73. The molecule has 0 radical (unpaired) electrons. The summed E-state index contributed by atoms with van der Waals surface area (Å²) in [5, 5.41) is 0. The number of nitrogens with zero attached hydrogens (tertiary/aromatic N) is 1. The Kier molecular flexibility index (Phi) is 5.45. The summed E-state index contributed by atoms with van der Waals surface area (Å²) in [7, 11) is 4.08. The monoisotopic (exact) mass is 237 g/mol. The normalized spacial score (nSPS) is 10.9. The summed E-state index contributed by atoms with van der Waals surface area (Å²) in [6.45, 7) is 7.36. The van der Waals surface area contributed by atoms with Crippen LogP contribution in [0.1, 0.15) is 31.3 Å². The zero-order chi connectivity index (χ0) is 12.8. The Hall–Kier alpha value is -1.06. The first-order chi connectivity index (χ1) is 8.10. The standard InChI is InChI=1S/C14H23NO2/c1-6-16-14(17-7-2)13-9-8-12(15(4)5)10-11(13)3/h8-10,14H,6-7H2,1-5H3. The number of ether oxygens (including phenoxy) is 2. The summed E-state index contributed by atoms with van der Waals surface area (Å²) in [6.07, 6.45) is -0.249. The van der Waals surface area contributed by atoms with Crippen molar-refractivity contribution in [3.63, 3.8) is 0 Å². The molecule has 96 valence electrons. The maximum absolute atomic E-state index is 5.61. The van der Waals surface area contributed by atoms with Crippen LogP contribution < -0.4 is 4.90 Å². The Morgan fingerprint density at radius 2 is 1.71 bits per heavy atom. The van der Waals surface area contributed by atoms with Gasteiger partial charge in [-0.3, -0.25) is 0 Å². The molecule has 0 aliphatic carbocycles. The van der Waals surface area contributed by atoms with E-state index >= 15 is 0 Å². The summed E-state index contributed by atoms with van der Waals surface area (Å²) in [4.78, 5) is 2.09. The van der Waals surface area contributed by atoms with Gasteiger partial charge in [-0.05, 0) is 38.5 Å². The molecule has 0 aliphatic rings. The molecular formula is C14H23NO2. The Bertz CT molecular complexity index is 344. The molecule has 0 aromatic heterocycles. The van der Waals surface area contributed by atoms with Gasteiger partial charge in [-0.25, -0.2) is 0 Å². The van der Waals surface area contributed by atoms with Gasteiger partial charge in [0.25, 0.3) is 0 Å². The number of aryl methyl sites for hydroxylation is 1. The van der Waals surface area contributed by atoms with E-state index in [0.717, 1.165) is 5.56 Å². The SMILES string of the molecule is CCOC(OCC)c1ccc(N(C)C)cc1C. The van der Waals surface area contributed by atoms with Gasteiger partial charge in [0.05, 0.1) is 0 Å². The number of benzene rings is 1. The van der Waals surface area contributed by atoms with E-state index in [2.05, 4.69) is 30.0 Å². The fraction of sp³-hybridized carbons (Fsp3) is 0.571. The van der Waals surface area contributed by atoms with E-state index in [9.17, 15) is 0 Å². The first-order valence-electron chi connectivity index (χ1n) is 6.11. The Balaban J connectivity index is 2.95. The van der Waals surface area contributed by atoms with Gasteiger partial charge >= 0.3 is 0 Å². The molecule has 0 N–H and O–H groups in total. The molecule has 0 aliphatic heterocycles. The van der Waals surface area contributed by atoms with Crippen LogP contribution in [-0.4, -0.2) is 27.3 Å². The molecule has 0 bridgehead atoms.